The van der Waals surface area contributed by atoms with Crippen LogP contribution in [0.25, 0.3) is 0 Å². The standard InChI is InChI=1S/C21H16ClF3N4O3/c1-26-19(30)18-11-15(8-9-27-18)32-14-5-2-12(3-6-14)28-20(31)29-13-4-7-17(22)16(10-13)21(23,24)25/h2-11H,1H3,(H,26,30)(H2,28,29,31)/p+1. The number of hydrogen-bond acceptors (Lipinski definition) is 3. The molecule has 166 valence electrons. The van der Waals surface area contributed by atoms with Gasteiger partial charge in [0, 0.05) is 24.5 Å². The van der Waals surface area contributed by atoms with Crippen LogP contribution in [0.4, 0.5) is 29.3 Å². The lowest BCUT2D eigenvalue weighted by atomic mass is 10.2. The molecule has 0 unspecified atom stereocenters. The molecule has 4 N–H and O–H groups in total. The fourth-order valence-corrected chi connectivity index (χ4v) is 2.86. The zero-order valence-corrected chi connectivity index (χ0v) is 17.3. The number of aromatic nitrogens is 1. The minimum atomic E-state index is -4.64. The average Bonchev–Trinajstić information content (AvgIpc) is 2.75. The molecule has 3 aromatic rings. The second-order valence-electron chi connectivity index (χ2n) is 6.42. The number of aromatic amines is 1. The maximum atomic E-state index is 12.9. The van der Waals surface area contributed by atoms with Crippen LogP contribution in [-0.4, -0.2) is 19.0 Å². The molecule has 0 aliphatic carbocycles. The Morgan fingerprint density at radius 1 is 0.938 bits per heavy atom. The molecule has 0 bridgehead atoms. The van der Waals surface area contributed by atoms with Crippen LogP contribution in [0.2, 0.25) is 5.02 Å². The Bertz CT molecular complexity index is 1140. The predicted octanol–water partition coefficient (Wildman–Crippen LogP) is 4.97. The van der Waals surface area contributed by atoms with Crippen LogP contribution in [0.1, 0.15) is 16.1 Å². The smallest absolute Gasteiger partial charge is 0.417 e. The van der Waals surface area contributed by atoms with Gasteiger partial charge in [-0.05, 0) is 42.5 Å². The van der Waals surface area contributed by atoms with E-state index in [1.807, 2.05) is 0 Å². The molecule has 0 aliphatic rings. The number of anilines is 2. The van der Waals surface area contributed by atoms with Gasteiger partial charge in [0.25, 0.3) is 5.69 Å². The van der Waals surface area contributed by atoms with Gasteiger partial charge in [-0.3, -0.25) is 4.79 Å². The van der Waals surface area contributed by atoms with E-state index >= 15 is 0 Å². The Kier molecular flexibility index (Phi) is 6.84. The minimum absolute atomic E-state index is 0.0630. The second kappa shape index (κ2) is 9.56. The number of nitrogens with one attached hydrogen (secondary N) is 4. The van der Waals surface area contributed by atoms with E-state index in [-0.39, 0.29) is 11.6 Å². The molecular formula is C21H17ClF3N4O3+. The summed E-state index contributed by atoms with van der Waals surface area (Å²) in [7, 11) is 1.51. The first-order valence-corrected chi connectivity index (χ1v) is 9.50. The molecule has 11 heteroatoms. The average molecular weight is 466 g/mol. The van der Waals surface area contributed by atoms with Crippen molar-refractivity contribution in [1.29, 1.82) is 0 Å². The predicted molar refractivity (Wildman–Crippen MR) is 112 cm³/mol. The number of urea groups is 1. The molecular weight excluding hydrogens is 449 g/mol. The number of alkyl halides is 3. The minimum Gasteiger partial charge on any atom is -0.457 e. The molecule has 0 fully saturated rings. The molecule has 2 aromatic carbocycles. The van der Waals surface area contributed by atoms with Gasteiger partial charge in [0.15, 0.2) is 6.20 Å². The summed E-state index contributed by atoms with van der Waals surface area (Å²) in [6, 6.07) is 11.8. The van der Waals surface area contributed by atoms with Crippen LogP contribution < -0.4 is 25.7 Å². The first-order chi connectivity index (χ1) is 15.2. The summed E-state index contributed by atoms with van der Waals surface area (Å²) in [6.45, 7) is 0. The van der Waals surface area contributed by atoms with Gasteiger partial charge in [-0.2, -0.15) is 13.2 Å². The number of benzene rings is 2. The molecule has 0 saturated heterocycles. The van der Waals surface area contributed by atoms with Crippen molar-refractivity contribution in [2.24, 2.45) is 0 Å². The van der Waals surface area contributed by atoms with E-state index in [0.717, 1.165) is 12.1 Å². The van der Waals surface area contributed by atoms with Crippen LogP contribution in [-0.2, 0) is 6.18 Å². The monoisotopic (exact) mass is 465 g/mol. The SMILES string of the molecule is CNC(=O)c1cc(Oc2ccc(NC(=O)Nc3ccc(Cl)c(C(F)(F)F)c3)cc2)cc[nH+]1. The van der Waals surface area contributed by atoms with Crippen LogP contribution >= 0.6 is 11.6 Å². The molecule has 3 amide bonds. The summed E-state index contributed by atoms with van der Waals surface area (Å²) < 4.78 is 44.5. The third kappa shape index (κ3) is 5.88. The summed E-state index contributed by atoms with van der Waals surface area (Å²) in [5.74, 6) is 0.561. The first kappa shape index (κ1) is 22.9. The van der Waals surface area contributed by atoms with Crippen LogP contribution in [0.15, 0.2) is 60.8 Å². The normalized spacial score (nSPS) is 10.9. The molecule has 1 aromatic heterocycles. The number of carbonyl (C=O) groups is 2. The molecule has 0 atom stereocenters. The van der Waals surface area contributed by atoms with Crippen LogP contribution in [0, 0.1) is 0 Å². The quantitative estimate of drug-likeness (QED) is 0.496. The zero-order chi connectivity index (χ0) is 23.3. The molecule has 7 nitrogen and oxygen atoms in total. The van der Waals surface area contributed by atoms with E-state index in [4.69, 9.17) is 16.3 Å². The van der Waals surface area contributed by atoms with Crippen molar-refractivity contribution >= 4 is 34.9 Å². The van der Waals surface area contributed by atoms with Gasteiger partial charge in [-0.25, -0.2) is 9.78 Å². The Hall–Kier alpha value is -3.79. The molecule has 1 heterocycles. The third-order valence-corrected chi connectivity index (χ3v) is 4.45. The number of rotatable bonds is 5. The fraction of sp³-hybridized carbons (Fsp3) is 0.0952. The summed E-state index contributed by atoms with van der Waals surface area (Å²) in [5, 5.41) is 6.87. The van der Waals surface area contributed by atoms with Crippen molar-refractivity contribution in [3.05, 3.63) is 77.1 Å². The molecule has 0 saturated carbocycles. The van der Waals surface area contributed by atoms with Crippen molar-refractivity contribution in [3.63, 3.8) is 0 Å². The molecule has 0 spiro atoms. The van der Waals surface area contributed by atoms with E-state index in [1.165, 1.54) is 19.2 Å². The number of pyridine rings is 1. The lowest BCUT2D eigenvalue weighted by Gasteiger charge is -2.12. The maximum absolute atomic E-state index is 12.9. The number of amides is 3. The lowest BCUT2D eigenvalue weighted by molar-refractivity contribution is -0.382. The largest absolute Gasteiger partial charge is 0.457 e. The van der Waals surface area contributed by atoms with E-state index in [2.05, 4.69) is 20.9 Å². The number of hydrogen-bond donors (Lipinski definition) is 3. The van der Waals surface area contributed by atoms with E-state index in [0.29, 0.717) is 22.9 Å². The van der Waals surface area contributed by atoms with Gasteiger partial charge in [0.05, 0.1) is 16.7 Å². The van der Waals surface area contributed by atoms with Gasteiger partial charge in [-0.15, -0.1) is 0 Å². The van der Waals surface area contributed by atoms with E-state index in [1.54, 1.807) is 36.5 Å². The van der Waals surface area contributed by atoms with Crippen molar-refractivity contribution < 1.29 is 32.5 Å². The van der Waals surface area contributed by atoms with Crippen molar-refractivity contribution in [3.8, 4) is 11.5 Å². The highest BCUT2D eigenvalue weighted by atomic mass is 35.5. The Morgan fingerprint density at radius 3 is 2.25 bits per heavy atom. The number of halogens is 4. The maximum Gasteiger partial charge on any atom is 0.417 e. The van der Waals surface area contributed by atoms with Gasteiger partial charge in [0.1, 0.15) is 11.5 Å². The number of ether oxygens (including phenoxy) is 1. The highest BCUT2D eigenvalue weighted by molar-refractivity contribution is 6.31. The highest BCUT2D eigenvalue weighted by Gasteiger charge is 2.33. The van der Waals surface area contributed by atoms with Gasteiger partial charge >= 0.3 is 18.1 Å². The summed E-state index contributed by atoms with van der Waals surface area (Å²) in [6.07, 6.45) is -3.08. The van der Waals surface area contributed by atoms with E-state index in [9.17, 15) is 22.8 Å². The highest BCUT2D eigenvalue weighted by Crippen LogP contribution is 2.36. The second-order valence-corrected chi connectivity index (χ2v) is 6.82. The van der Waals surface area contributed by atoms with Crippen molar-refractivity contribution in [2.45, 2.75) is 6.18 Å². The van der Waals surface area contributed by atoms with Crippen LogP contribution in [0.5, 0.6) is 11.5 Å². The van der Waals surface area contributed by atoms with Gasteiger partial charge < -0.3 is 20.7 Å². The summed E-state index contributed by atoms with van der Waals surface area (Å²) in [4.78, 5) is 26.6. The Balaban J connectivity index is 1.62. The lowest BCUT2D eigenvalue weighted by Crippen LogP contribution is -2.26. The molecule has 32 heavy (non-hydrogen) atoms. The number of carbonyl (C=O) groups excluding carboxylic acids is 2. The molecule has 0 aliphatic heterocycles. The first-order valence-electron chi connectivity index (χ1n) is 9.12. The Morgan fingerprint density at radius 2 is 1.59 bits per heavy atom. The fourth-order valence-electron chi connectivity index (χ4n) is 2.63. The summed E-state index contributed by atoms with van der Waals surface area (Å²) >= 11 is 5.57. The van der Waals surface area contributed by atoms with Gasteiger partial charge in [0.2, 0.25) is 0 Å². The third-order valence-electron chi connectivity index (χ3n) is 4.12. The van der Waals surface area contributed by atoms with Crippen molar-refractivity contribution in [2.75, 3.05) is 17.7 Å². The Labute approximate surface area is 185 Å². The molecule has 3 rings (SSSR count). The topological polar surface area (TPSA) is 93.6 Å². The zero-order valence-electron chi connectivity index (χ0n) is 16.5. The number of H-pyrrole nitrogens is 1. The van der Waals surface area contributed by atoms with E-state index < -0.39 is 22.8 Å². The van der Waals surface area contributed by atoms with Gasteiger partial charge in [-0.1, -0.05) is 11.6 Å². The van der Waals surface area contributed by atoms with Crippen molar-refractivity contribution in [1.82, 2.24) is 5.32 Å². The molecule has 0 radical (unpaired) electrons. The summed E-state index contributed by atoms with van der Waals surface area (Å²) in [5.41, 5.74) is -0.410. The van der Waals surface area contributed by atoms with Crippen LogP contribution in [0.3, 0.4) is 0 Å².